The number of hydrogen-bond acceptors (Lipinski definition) is 4. The smallest absolute Gasteiger partial charge is 0.358 e. The fraction of sp³-hybridized carbons (Fsp3) is 0.667. The Balaban J connectivity index is 1.94. The maximum absolute atomic E-state index is 10.6. The fourth-order valence-electron chi connectivity index (χ4n) is 1.79. The Morgan fingerprint density at radius 1 is 1.67 bits per heavy atom. The minimum atomic E-state index is -1.03. The van der Waals surface area contributed by atoms with E-state index in [1.807, 2.05) is 0 Å². The van der Waals surface area contributed by atoms with E-state index in [0.717, 1.165) is 13.0 Å². The van der Waals surface area contributed by atoms with E-state index in [0.29, 0.717) is 12.6 Å². The van der Waals surface area contributed by atoms with Gasteiger partial charge >= 0.3 is 5.97 Å². The predicted molar refractivity (Wildman–Crippen MR) is 52.6 cm³/mol. The number of hydrogen-bond donors (Lipinski definition) is 2. The number of nitrogens with one attached hydrogen (secondary N) is 1. The number of aromatic nitrogens is 3. The Kier molecular flexibility index (Phi) is 2.96. The molecular weight excluding hydrogens is 196 g/mol. The Morgan fingerprint density at radius 2 is 2.53 bits per heavy atom. The molecule has 0 spiro atoms. The highest BCUT2D eigenvalue weighted by molar-refractivity contribution is 5.84. The Bertz CT molecular complexity index is 344. The van der Waals surface area contributed by atoms with Crippen LogP contribution < -0.4 is 5.32 Å². The molecule has 2 heterocycles. The summed E-state index contributed by atoms with van der Waals surface area (Å²) in [5.41, 5.74) is 0.00538. The summed E-state index contributed by atoms with van der Waals surface area (Å²) in [4.78, 5) is 10.6. The summed E-state index contributed by atoms with van der Waals surface area (Å²) in [7, 11) is 0. The van der Waals surface area contributed by atoms with Gasteiger partial charge in [0.25, 0.3) is 0 Å². The molecule has 6 heteroatoms. The van der Waals surface area contributed by atoms with Crippen LogP contribution in [0.4, 0.5) is 0 Å². The summed E-state index contributed by atoms with van der Waals surface area (Å²) < 4.78 is 1.59. The van der Waals surface area contributed by atoms with Crippen molar-refractivity contribution in [3.05, 3.63) is 11.9 Å². The minimum Gasteiger partial charge on any atom is -0.476 e. The van der Waals surface area contributed by atoms with Gasteiger partial charge in [0.2, 0.25) is 0 Å². The summed E-state index contributed by atoms with van der Waals surface area (Å²) >= 11 is 0. The molecule has 0 aromatic carbocycles. The average Bonchev–Trinajstić information content (AvgIpc) is 2.68. The number of aromatic carboxylic acids is 1. The lowest BCUT2D eigenvalue weighted by Gasteiger charge is -2.22. The average molecular weight is 210 g/mol. The third kappa shape index (κ3) is 2.53. The van der Waals surface area contributed by atoms with Crippen LogP contribution in [0.5, 0.6) is 0 Å². The van der Waals surface area contributed by atoms with Crippen molar-refractivity contribution in [1.29, 1.82) is 0 Å². The molecule has 0 radical (unpaired) electrons. The SMILES string of the molecule is O=C(O)c1cn(C[C@H]2CCCCN2)nn1. The number of piperidine rings is 1. The second kappa shape index (κ2) is 4.39. The van der Waals surface area contributed by atoms with Gasteiger partial charge in [-0.15, -0.1) is 5.10 Å². The summed E-state index contributed by atoms with van der Waals surface area (Å²) in [6, 6.07) is 0.391. The van der Waals surface area contributed by atoms with Crippen molar-refractivity contribution >= 4 is 5.97 Å². The zero-order valence-electron chi connectivity index (χ0n) is 8.39. The molecule has 1 fully saturated rings. The monoisotopic (exact) mass is 210 g/mol. The van der Waals surface area contributed by atoms with Crippen LogP contribution in [0.15, 0.2) is 6.20 Å². The van der Waals surface area contributed by atoms with E-state index >= 15 is 0 Å². The quantitative estimate of drug-likeness (QED) is 0.740. The number of carboxylic acids is 1. The first-order valence-corrected chi connectivity index (χ1v) is 5.12. The summed E-state index contributed by atoms with van der Waals surface area (Å²) in [6.07, 6.45) is 5.02. The minimum absolute atomic E-state index is 0.00538. The van der Waals surface area contributed by atoms with Crippen molar-refractivity contribution in [1.82, 2.24) is 20.3 Å². The number of carbonyl (C=O) groups is 1. The van der Waals surface area contributed by atoms with Gasteiger partial charge < -0.3 is 10.4 Å². The number of rotatable bonds is 3. The van der Waals surface area contributed by atoms with Crippen molar-refractivity contribution in [3.63, 3.8) is 0 Å². The Morgan fingerprint density at radius 3 is 3.13 bits per heavy atom. The van der Waals surface area contributed by atoms with Gasteiger partial charge in [0.1, 0.15) is 0 Å². The van der Waals surface area contributed by atoms with Gasteiger partial charge in [0.05, 0.1) is 12.7 Å². The summed E-state index contributed by atoms with van der Waals surface area (Å²) in [6.45, 7) is 1.73. The van der Waals surface area contributed by atoms with Crippen LogP contribution in [0.1, 0.15) is 29.8 Å². The summed E-state index contributed by atoms with van der Waals surface area (Å²) in [5, 5.41) is 19.4. The number of carboxylic acid groups (broad SMARTS) is 1. The Hall–Kier alpha value is -1.43. The van der Waals surface area contributed by atoms with Crippen molar-refractivity contribution in [2.45, 2.75) is 31.8 Å². The largest absolute Gasteiger partial charge is 0.476 e. The van der Waals surface area contributed by atoms with Crippen LogP contribution in [0.2, 0.25) is 0 Å². The first-order chi connectivity index (χ1) is 7.25. The van der Waals surface area contributed by atoms with Gasteiger partial charge in [-0.3, -0.25) is 4.68 Å². The molecule has 0 bridgehead atoms. The highest BCUT2D eigenvalue weighted by atomic mass is 16.4. The van der Waals surface area contributed by atoms with Crippen LogP contribution in [0.3, 0.4) is 0 Å². The van der Waals surface area contributed by atoms with Gasteiger partial charge in [0, 0.05) is 6.04 Å². The molecule has 0 aliphatic carbocycles. The van der Waals surface area contributed by atoms with Gasteiger partial charge in [-0.25, -0.2) is 4.79 Å². The third-order valence-electron chi connectivity index (χ3n) is 2.58. The first-order valence-electron chi connectivity index (χ1n) is 5.12. The molecule has 15 heavy (non-hydrogen) atoms. The molecule has 2 N–H and O–H groups in total. The zero-order chi connectivity index (χ0) is 10.7. The van der Waals surface area contributed by atoms with Crippen molar-refractivity contribution in [2.75, 3.05) is 6.54 Å². The molecule has 1 atom stereocenters. The molecule has 1 aliphatic rings. The van der Waals surface area contributed by atoms with E-state index in [9.17, 15) is 4.79 Å². The zero-order valence-corrected chi connectivity index (χ0v) is 8.39. The standard InChI is InChI=1S/C9H14N4O2/c14-9(15)8-6-13(12-11-8)5-7-3-1-2-4-10-7/h6-7,10H,1-5H2,(H,14,15)/t7-/m1/s1. The maximum Gasteiger partial charge on any atom is 0.358 e. The lowest BCUT2D eigenvalue weighted by atomic mass is 10.1. The van der Waals surface area contributed by atoms with Crippen LogP contribution >= 0.6 is 0 Å². The van der Waals surface area contributed by atoms with E-state index in [-0.39, 0.29) is 5.69 Å². The van der Waals surface area contributed by atoms with Crippen molar-refractivity contribution in [3.8, 4) is 0 Å². The predicted octanol–water partition coefficient (Wildman–Crippen LogP) is 0.118. The molecular formula is C9H14N4O2. The van der Waals surface area contributed by atoms with E-state index in [1.54, 1.807) is 4.68 Å². The normalized spacial score (nSPS) is 21.5. The lowest BCUT2D eigenvalue weighted by Crippen LogP contribution is -2.37. The highest BCUT2D eigenvalue weighted by Crippen LogP contribution is 2.08. The van der Waals surface area contributed by atoms with Gasteiger partial charge in [-0.2, -0.15) is 0 Å². The first kappa shape index (κ1) is 10.1. The maximum atomic E-state index is 10.6. The van der Waals surface area contributed by atoms with Gasteiger partial charge in [-0.05, 0) is 19.4 Å². The molecule has 1 aromatic rings. The second-order valence-corrected chi connectivity index (χ2v) is 3.78. The lowest BCUT2D eigenvalue weighted by molar-refractivity contribution is 0.0690. The van der Waals surface area contributed by atoms with Crippen LogP contribution in [-0.4, -0.2) is 38.7 Å². The molecule has 0 unspecified atom stereocenters. The van der Waals surface area contributed by atoms with E-state index < -0.39 is 5.97 Å². The third-order valence-corrected chi connectivity index (χ3v) is 2.58. The van der Waals surface area contributed by atoms with Crippen molar-refractivity contribution in [2.24, 2.45) is 0 Å². The fourth-order valence-corrected chi connectivity index (χ4v) is 1.79. The Labute approximate surface area is 87.3 Å². The molecule has 2 rings (SSSR count). The van der Waals surface area contributed by atoms with Gasteiger partial charge in [0.15, 0.2) is 5.69 Å². The van der Waals surface area contributed by atoms with Crippen molar-refractivity contribution < 1.29 is 9.90 Å². The molecule has 1 aliphatic heterocycles. The second-order valence-electron chi connectivity index (χ2n) is 3.78. The van der Waals surface area contributed by atoms with E-state index in [2.05, 4.69) is 15.6 Å². The molecule has 1 saturated heterocycles. The van der Waals surface area contributed by atoms with E-state index in [4.69, 9.17) is 5.11 Å². The highest BCUT2D eigenvalue weighted by Gasteiger charge is 2.15. The van der Waals surface area contributed by atoms with Crippen LogP contribution in [0, 0.1) is 0 Å². The molecule has 1 aromatic heterocycles. The topological polar surface area (TPSA) is 80.0 Å². The molecule has 6 nitrogen and oxygen atoms in total. The number of nitrogens with zero attached hydrogens (tertiary/aromatic N) is 3. The van der Waals surface area contributed by atoms with Crippen LogP contribution in [0.25, 0.3) is 0 Å². The van der Waals surface area contributed by atoms with E-state index in [1.165, 1.54) is 19.0 Å². The summed E-state index contributed by atoms with van der Waals surface area (Å²) in [5.74, 6) is -1.03. The molecule has 0 amide bonds. The van der Waals surface area contributed by atoms with Crippen LogP contribution in [-0.2, 0) is 6.54 Å². The molecule has 82 valence electrons. The van der Waals surface area contributed by atoms with Gasteiger partial charge in [-0.1, -0.05) is 11.6 Å². The molecule has 0 saturated carbocycles.